The largest absolute Gasteiger partial charge is 0.467 e. The van der Waals surface area contributed by atoms with Gasteiger partial charge in [0.05, 0.1) is 12.8 Å². The van der Waals surface area contributed by atoms with Gasteiger partial charge in [-0.05, 0) is 43.2 Å². The molecule has 0 spiro atoms. The molecule has 0 aromatic carbocycles. The minimum Gasteiger partial charge on any atom is -0.467 e. The summed E-state index contributed by atoms with van der Waals surface area (Å²) in [7, 11) is 2.04. The zero-order valence-corrected chi connectivity index (χ0v) is 13.9. The van der Waals surface area contributed by atoms with Crippen molar-refractivity contribution in [3.63, 3.8) is 0 Å². The Morgan fingerprint density at radius 2 is 2.00 bits per heavy atom. The summed E-state index contributed by atoms with van der Waals surface area (Å²) in [6, 6.07) is 9.85. The third-order valence-electron chi connectivity index (χ3n) is 3.72. The number of aromatic nitrogens is 3. The first-order valence-corrected chi connectivity index (χ1v) is 7.93. The van der Waals surface area contributed by atoms with Crippen molar-refractivity contribution in [2.45, 2.75) is 19.9 Å². The van der Waals surface area contributed by atoms with Crippen LogP contribution in [0.15, 0.2) is 53.4 Å². The number of hydrogen-bond acceptors (Lipinski definition) is 6. The molecule has 0 atom stereocenters. The van der Waals surface area contributed by atoms with E-state index in [4.69, 9.17) is 4.42 Å². The molecule has 0 aliphatic carbocycles. The highest BCUT2D eigenvalue weighted by Gasteiger charge is 2.08. The third kappa shape index (κ3) is 4.32. The number of hydrogen-bond donors (Lipinski definition) is 1. The van der Waals surface area contributed by atoms with Crippen LogP contribution < -0.4 is 10.2 Å². The molecule has 0 bridgehead atoms. The first-order chi connectivity index (χ1) is 11.7. The molecule has 0 amide bonds. The average molecular weight is 323 g/mol. The van der Waals surface area contributed by atoms with Gasteiger partial charge < -0.3 is 14.6 Å². The first kappa shape index (κ1) is 16.0. The van der Waals surface area contributed by atoms with Crippen molar-refractivity contribution in [1.82, 2.24) is 15.0 Å². The van der Waals surface area contributed by atoms with E-state index in [9.17, 15) is 0 Å². The summed E-state index contributed by atoms with van der Waals surface area (Å²) in [5, 5.41) is 3.21. The van der Waals surface area contributed by atoms with Gasteiger partial charge in [0.25, 0.3) is 0 Å². The number of anilines is 2. The van der Waals surface area contributed by atoms with Crippen molar-refractivity contribution < 1.29 is 4.42 Å². The molecule has 0 unspecified atom stereocenters. The topological polar surface area (TPSA) is 67.1 Å². The SMILES string of the molecule is Cc1cc(N(C)CCc2ccncc2)nc(NCc2ccco2)n1. The summed E-state index contributed by atoms with van der Waals surface area (Å²) >= 11 is 0. The van der Waals surface area contributed by atoms with Gasteiger partial charge in [-0.3, -0.25) is 4.98 Å². The molecule has 0 aliphatic heterocycles. The Labute approximate surface area is 141 Å². The van der Waals surface area contributed by atoms with Crippen LogP contribution in [-0.4, -0.2) is 28.5 Å². The number of likely N-dealkylation sites (N-methyl/N-ethyl adjacent to an activating group) is 1. The van der Waals surface area contributed by atoms with Crippen molar-refractivity contribution in [3.8, 4) is 0 Å². The predicted molar refractivity (Wildman–Crippen MR) is 94.0 cm³/mol. The molecule has 0 saturated heterocycles. The zero-order chi connectivity index (χ0) is 16.8. The number of rotatable bonds is 7. The Kier molecular flexibility index (Phi) is 5.05. The van der Waals surface area contributed by atoms with Crippen LogP contribution in [0.5, 0.6) is 0 Å². The fourth-order valence-corrected chi connectivity index (χ4v) is 2.37. The molecular weight excluding hydrogens is 302 g/mol. The normalized spacial score (nSPS) is 10.6. The lowest BCUT2D eigenvalue weighted by Crippen LogP contribution is -2.22. The lowest BCUT2D eigenvalue weighted by Gasteiger charge is -2.19. The summed E-state index contributed by atoms with van der Waals surface area (Å²) in [6.07, 6.45) is 6.24. The quantitative estimate of drug-likeness (QED) is 0.721. The summed E-state index contributed by atoms with van der Waals surface area (Å²) in [5.41, 5.74) is 2.19. The smallest absolute Gasteiger partial charge is 0.225 e. The highest BCUT2D eigenvalue weighted by Crippen LogP contribution is 2.15. The number of nitrogens with one attached hydrogen (secondary N) is 1. The molecule has 3 heterocycles. The molecule has 0 fully saturated rings. The monoisotopic (exact) mass is 323 g/mol. The molecule has 3 aromatic rings. The lowest BCUT2D eigenvalue weighted by atomic mass is 10.2. The van der Waals surface area contributed by atoms with Crippen LogP contribution >= 0.6 is 0 Å². The standard InChI is InChI=1S/C18H21N5O/c1-14-12-17(23(2)10-7-15-5-8-19-9-6-15)22-18(21-14)20-13-16-4-3-11-24-16/h3-6,8-9,11-12H,7,10,13H2,1-2H3,(H,20,21,22). The van der Waals surface area contributed by atoms with Crippen LogP contribution in [0.25, 0.3) is 0 Å². The summed E-state index contributed by atoms with van der Waals surface area (Å²) < 4.78 is 5.32. The van der Waals surface area contributed by atoms with Gasteiger partial charge in [0.15, 0.2) is 0 Å². The van der Waals surface area contributed by atoms with Gasteiger partial charge in [-0.2, -0.15) is 4.98 Å². The van der Waals surface area contributed by atoms with Gasteiger partial charge in [-0.25, -0.2) is 4.98 Å². The van der Waals surface area contributed by atoms with E-state index in [1.807, 2.05) is 56.7 Å². The molecule has 6 heteroatoms. The Bertz CT molecular complexity index is 758. The second kappa shape index (κ2) is 7.59. The lowest BCUT2D eigenvalue weighted by molar-refractivity contribution is 0.517. The summed E-state index contributed by atoms with van der Waals surface area (Å²) in [5.74, 6) is 2.36. The van der Waals surface area contributed by atoms with Crippen molar-refractivity contribution in [2.24, 2.45) is 0 Å². The summed E-state index contributed by atoms with van der Waals surface area (Å²) in [6.45, 7) is 3.41. The molecule has 124 valence electrons. The Morgan fingerprint density at radius 1 is 1.17 bits per heavy atom. The molecule has 3 aromatic heterocycles. The number of nitrogens with zero attached hydrogens (tertiary/aromatic N) is 4. The molecule has 3 rings (SSSR count). The Hall–Kier alpha value is -2.89. The predicted octanol–water partition coefficient (Wildman–Crippen LogP) is 3.06. The molecule has 0 radical (unpaired) electrons. The molecule has 0 saturated carbocycles. The zero-order valence-electron chi connectivity index (χ0n) is 13.9. The van der Waals surface area contributed by atoms with E-state index < -0.39 is 0 Å². The molecule has 6 nitrogen and oxygen atoms in total. The van der Waals surface area contributed by atoms with Gasteiger partial charge in [0.2, 0.25) is 5.95 Å². The first-order valence-electron chi connectivity index (χ1n) is 7.93. The van der Waals surface area contributed by atoms with Crippen molar-refractivity contribution in [2.75, 3.05) is 23.8 Å². The van der Waals surface area contributed by atoms with Crippen LogP contribution in [0.2, 0.25) is 0 Å². The highest BCUT2D eigenvalue weighted by atomic mass is 16.3. The van der Waals surface area contributed by atoms with Gasteiger partial charge in [-0.1, -0.05) is 0 Å². The van der Waals surface area contributed by atoms with E-state index in [1.54, 1.807) is 6.26 Å². The average Bonchev–Trinajstić information content (AvgIpc) is 3.12. The van der Waals surface area contributed by atoms with E-state index in [1.165, 1.54) is 5.56 Å². The minimum absolute atomic E-state index is 0.566. The van der Waals surface area contributed by atoms with Crippen LogP contribution in [0, 0.1) is 6.92 Å². The second-order valence-electron chi connectivity index (χ2n) is 5.65. The fraction of sp³-hybridized carbons (Fsp3) is 0.278. The fourth-order valence-electron chi connectivity index (χ4n) is 2.37. The maximum Gasteiger partial charge on any atom is 0.225 e. The summed E-state index contributed by atoms with van der Waals surface area (Å²) in [4.78, 5) is 15.2. The molecular formula is C18H21N5O. The Morgan fingerprint density at radius 3 is 2.75 bits per heavy atom. The van der Waals surface area contributed by atoms with Crippen molar-refractivity contribution in [3.05, 3.63) is 66.0 Å². The minimum atomic E-state index is 0.566. The van der Waals surface area contributed by atoms with Gasteiger partial charge in [0, 0.05) is 37.7 Å². The number of aryl methyl sites for hydroxylation is 1. The number of furan rings is 1. The van der Waals surface area contributed by atoms with Crippen LogP contribution in [0.3, 0.4) is 0 Å². The van der Waals surface area contributed by atoms with E-state index in [0.29, 0.717) is 12.5 Å². The Balaban J connectivity index is 1.63. The van der Waals surface area contributed by atoms with Crippen LogP contribution in [0.4, 0.5) is 11.8 Å². The van der Waals surface area contributed by atoms with E-state index in [0.717, 1.165) is 30.2 Å². The van der Waals surface area contributed by atoms with E-state index in [-0.39, 0.29) is 0 Å². The van der Waals surface area contributed by atoms with E-state index >= 15 is 0 Å². The van der Waals surface area contributed by atoms with Gasteiger partial charge >= 0.3 is 0 Å². The number of pyridine rings is 1. The van der Waals surface area contributed by atoms with Gasteiger partial charge in [0.1, 0.15) is 11.6 Å². The van der Waals surface area contributed by atoms with Gasteiger partial charge in [-0.15, -0.1) is 0 Å². The van der Waals surface area contributed by atoms with Crippen molar-refractivity contribution >= 4 is 11.8 Å². The van der Waals surface area contributed by atoms with Crippen LogP contribution in [-0.2, 0) is 13.0 Å². The van der Waals surface area contributed by atoms with Crippen LogP contribution in [0.1, 0.15) is 17.0 Å². The highest BCUT2D eigenvalue weighted by molar-refractivity contribution is 5.44. The van der Waals surface area contributed by atoms with E-state index in [2.05, 4.69) is 25.2 Å². The van der Waals surface area contributed by atoms with Crippen molar-refractivity contribution in [1.29, 1.82) is 0 Å². The molecule has 24 heavy (non-hydrogen) atoms. The molecule has 0 aliphatic rings. The third-order valence-corrected chi connectivity index (χ3v) is 3.72. The maximum atomic E-state index is 5.32. The molecule has 1 N–H and O–H groups in total. The maximum absolute atomic E-state index is 5.32. The second-order valence-corrected chi connectivity index (χ2v) is 5.65.